The third-order valence-corrected chi connectivity index (χ3v) is 4.04. The maximum atomic E-state index is 14.5. The molecule has 0 spiro atoms. The lowest BCUT2D eigenvalue weighted by Gasteiger charge is -2.47. The first-order chi connectivity index (χ1) is 11.2. The van der Waals surface area contributed by atoms with Gasteiger partial charge < -0.3 is 55.1 Å². The molecule has 2 heterocycles. The molecule has 0 aromatic carbocycles. The first-order valence-electron chi connectivity index (χ1n) is 7.14. The van der Waals surface area contributed by atoms with Crippen LogP contribution in [0.4, 0.5) is 4.39 Å². The van der Waals surface area contributed by atoms with E-state index in [-0.39, 0.29) is 0 Å². The van der Waals surface area contributed by atoms with Gasteiger partial charge in [0.2, 0.25) is 0 Å². The number of hydrogen-bond donors (Lipinski definition) is 8. The highest BCUT2D eigenvalue weighted by Crippen LogP contribution is 2.35. The van der Waals surface area contributed by atoms with Crippen LogP contribution >= 0.6 is 0 Å². The predicted octanol–water partition coefficient (Wildman–Crippen LogP) is -5.10. The summed E-state index contributed by atoms with van der Waals surface area (Å²) in [5.41, 5.74) is 0. The van der Waals surface area contributed by atoms with Gasteiger partial charge in [-0.15, -0.1) is 0 Å². The summed E-state index contributed by atoms with van der Waals surface area (Å²) in [6.45, 7) is -2.15. The smallest absolute Gasteiger partial charge is 0.263 e. The van der Waals surface area contributed by atoms with Crippen LogP contribution < -0.4 is 0 Å². The zero-order chi connectivity index (χ0) is 18.2. The van der Waals surface area contributed by atoms with Crippen molar-refractivity contribution >= 4 is 0 Å². The minimum Gasteiger partial charge on any atom is -0.394 e. The van der Waals surface area contributed by atoms with Crippen molar-refractivity contribution in [1.82, 2.24) is 0 Å². The highest BCUT2D eigenvalue weighted by Gasteiger charge is 2.57. The molecule has 2 fully saturated rings. The van der Waals surface area contributed by atoms with E-state index in [1.54, 1.807) is 0 Å². The maximum Gasteiger partial charge on any atom is 0.263 e. The number of ether oxygens (including phenoxy) is 3. The molecule has 12 heteroatoms. The zero-order valence-electron chi connectivity index (χ0n) is 12.3. The van der Waals surface area contributed by atoms with E-state index in [4.69, 9.17) is 19.7 Å². The van der Waals surface area contributed by atoms with Crippen LogP contribution in [-0.4, -0.2) is 115 Å². The summed E-state index contributed by atoms with van der Waals surface area (Å²) in [4.78, 5) is 0. The first kappa shape index (κ1) is 19.8. The quantitative estimate of drug-likeness (QED) is 0.239. The average molecular weight is 360 g/mol. The molecular weight excluding hydrogens is 339 g/mol. The fraction of sp³-hybridized carbons (Fsp3) is 1.00. The van der Waals surface area contributed by atoms with E-state index >= 15 is 0 Å². The van der Waals surface area contributed by atoms with Gasteiger partial charge >= 0.3 is 0 Å². The average Bonchev–Trinajstić information content (AvgIpc) is 2.56. The molecule has 0 aliphatic carbocycles. The van der Waals surface area contributed by atoms with Gasteiger partial charge in [0.15, 0.2) is 18.7 Å². The van der Waals surface area contributed by atoms with Crippen LogP contribution in [-0.2, 0) is 14.2 Å². The Labute approximate surface area is 135 Å². The van der Waals surface area contributed by atoms with E-state index in [1.807, 2.05) is 0 Å². The summed E-state index contributed by atoms with van der Waals surface area (Å²) in [5.74, 6) is -3.16. The van der Waals surface area contributed by atoms with Gasteiger partial charge in [-0.25, -0.2) is 4.39 Å². The molecule has 0 amide bonds. The molecule has 2 saturated heterocycles. The van der Waals surface area contributed by atoms with Crippen molar-refractivity contribution in [3.05, 3.63) is 0 Å². The number of alkyl halides is 1. The number of aliphatic hydroxyl groups excluding tert-OH is 8. The van der Waals surface area contributed by atoms with Crippen LogP contribution in [0.5, 0.6) is 0 Å². The van der Waals surface area contributed by atoms with E-state index in [1.165, 1.54) is 0 Å². The Morgan fingerprint density at radius 1 is 0.875 bits per heavy atom. The SMILES string of the molecule is OC[C@H]1O[C@H](O[C@H]2[C@H](O)[C@@H](O)[C@H](O)O[C@]2(F)CO)[C@H](O)[C@@H](O)[C@@H]1O. The van der Waals surface area contributed by atoms with Gasteiger partial charge in [-0.1, -0.05) is 0 Å². The molecule has 0 aromatic rings. The molecular formula is C12H21FO11. The van der Waals surface area contributed by atoms with E-state index in [0.29, 0.717) is 0 Å². The minimum absolute atomic E-state index is 0.767. The Balaban J connectivity index is 2.20. The Bertz CT molecular complexity index is 426. The van der Waals surface area contributed by atoms with Crippen molar-refractivity contribution in [2.75, 3.05) is 13.2 Å². The topological polar surface area (TPSA) is 190 Å². The largest absolute Gasteiger partial charge is 0.394 e. The van der Waals surface area contributed by atoms with Crippen molar-refractivity contribution in [2.45, 2.75) is 61.2 Å². The van der Waals surface area contributed by atoms with Crippen LogP contribution in [0.2, 0.25) is 0 Å². The lowest BCUT2D eigenvalue weighted by atomic mass is 9.96. The summed E-state index contributed by atoms with van der Waals surface area (Å²) in [7, 11) is 0. The Hall–Kier alpha value is -0.510. The van der Waals surface area contributed by atoms with Gasteiger partial charge in [-0.05, 0) is 0 Å². The summed E-state index contributed by atoms with van der Waals surface area (Å²) in [6, 6.07) is 0. The third kappa shape index (κ3) is 3.40. The fourth-order valence-corrected chi connectivity index (χ4v) is 2.57. The molecule has 11 nitrogen and oxygen atoms in total. The van der Waals surface area contributed by atoms with Crippen molar-refractivity contribution in [2.24, 2.45) is 0 Å². The molecule has 142 valence electrons. The first-order valence-corrected chi connectivity index (χ1v) is 7.14. The van der Waals surface area contributed by atoms with Crippen LogP contribution in [0.15, 0.2) is 0 Å². The van der Waals surface area contributed by atoms with E-state index in [0.717, 1.165) is 0 Å². The summed E-state index contributed by atoms with van der Waals surface area (Å²) >= 11 is 0. The summed E-state index contributed by atoms with van der Waals surface area (Å²) < 4.78 is 28.9. The molecule has 0 aromatic heterocycles. The van der Waals surface area contributed by atoms with Gasteiger partial charge in [-0.3, -0.25) is 0 Å². The molecule has 0 saturated carbocycles. The number of rotatable bonds is 4. The second-order valence-electron chi connectivity index (χ2n) is 5.69. The summed E-state index contributed by atoms with van der Waals surface area (Å²) in [6.07, 6.45) is -16.9. The van der Waals surface area contributed by atoms with Gasteiger partial charge in [0.25, 0.3) is 5.85 Å². The van der Waals surface area contributed by atoms with Crippen LogP contribution in [0.25, 0.3) is 0 Å². The Kier molecular flexibility index (Phi) is 6.10. The standard InChI is InChI=1S/C12H21FO11/c13-12(2-15)9(6(18)7(19)10(21)24-12)23-11-8(20)5(17)4(16)3(1-14)22-11/h3-11,14-21H,1-2H2/t3-,4-,5+,6-,7-,8-,9+,10-,11-,12-/m1/s1. The molecule has 2 aliphatic rings. The van der Waals surface area contributed by atoms with Crippen molar-refractivity contribution < 1.29 is 59.5 Å². The molecule has 8 N–H and O–H groups in total. The molecule has 2 rings (SSSR count). The second-order valence-corrected chi connectivity index (χ2v) is 5.69. The van der Waals surface area contributed by atoms with E-state index < -0.39 is 74.4 Å². The number of hydrogen-bond acceptors (Lipinski definition) is 11. The highest BCUT2D eigenvalue weighted by molar-refractivity contribution is 4.96. The number of halogens is 1. The lowest BCUT2D eigenvalue weighted by Crippen LogP contribution is -2.67. The van der Waals surface area contributed by atoms with E-state index in [9.17, 15) is 35.0 Å². The van der Waals surface area contributed by atoms with Crippen molar-refractivity contribution in [3.63, 3.8) is 0 Å². The molecule has 2 aliphatic heterocycles. The molecule has 24 heavy (non-hydrogen) atoms. The van der Waals surface area contributed by atoms with E-state index in [2.05, 4.69) is 4.74 Å². The minimum atomic E-state index is -3.16. The lowest BCUT2D eigenvalue weighted by molar-refractivity contribution is -0.403. The second kappa shape index (κ2) is 7.39. The molecule has 10 atom stereocenters. The third-order valence-electron chi connectivity index (χ3n) is 4.04. The molecule has 0 bridgehead atoms. The zero-order valence-corrected chi connectivity index (χ0v) is 12.3. The van der Waals surface area contributed by atoms with Crippen molar-refractivity contribution in [1.29, 1.82) is 0 Å². The van der Waals surface area contributed by atoms with Crippen molar-refractivity contribution in [3.8, 4) is 0 Å². The maximum absolute atomic E-state index is 14.5. The van der Waals surface area contributed by atoms with Gasteiger partial charge in [0.05, 0.1) is 6.61 Å². The van der Waals surface area contributed by atoms with Gasteiger partial charge in [0, 0.05) is 0 Å². The monoisotopic (exact) mass is 360 g/mol. The van der Waals surface area contributed by atoms with Crippen LogP contribution in [0.3, 0.4) is 0 Å². The van der Waals surface area contributed by atoms with Crippen LogP contribution in [0.1, 0.15) is 0 Å². The predicted molar refractivity (Wildman–Crippen MR) is 68.7 cm³/mol. The van der Waals surface area contributed by atoms with Gasteiger partial charge in [0.1, 0.15) is 43.2 Å². The molecule has 0 unspecified atom stereocenters. The molecule has 0 radical (unpaired) electrons. The highest BCUT2D eigenvalue weighted by atomic mass is 19.2. The summed E-state index contributed by atoms with van der Waals surface area (Å²) in [5, 5.41) is 76.1. The number of aliphatic hydroxyl groups is 8. The Morgan fingerprint density at radius 3 is 2.04 bits per heavy atom. The van der Waals surface area contributed by atoms with Crippen LogP contribution in [0, 0.1) is 0 Å². The van der Waals surface area contributed by atoms with Gasteiger partial charge in [-0.2, -0.15) is 0 Å². The normalized spacial score (nSPS) is 53.1. The Morgan fingerprint density at radius 2 is 1.50 bits per heavy atom. The fourth-order valence-electron chi connectivity index (χ4n) is 2.57.